The van der Waals surface area contributed by atoms with Gasteiger partial charge in [-0.15, -0.1) is 0 Å². The van der Waals surface area contributed by atoms with Gasteiger partial charge in [0, 0.05) is 11.1 Å². The van der Waals surface area contributed by atoms with Crippen molar-refractivity contribution in [3.05, 3.63) is 65.7 Å². The van der Waals surface area contributed by atoms with E-state index in [1.807, 2.05) is 30.3 Å². The molecule has 0 unspecified atom stereocenters. The van der Waals surface area contributed by atoms with E-state index in [-0.39, 0.29) is 23.3 Å². The van der Waals surface area contributed by atoms with Crippen LogP contribution in [-0.4, -0.2) is 20.9 Å². The predicted molar refractivity (Wildman–Crippen MR) is 122 cm³/mol. The lowest BCUT2D eigenvalue weighted by Gasteiger charge is -2.20. The molecule has 0 saturated heterocycles. The molecule has 3 aromatic carbocycles. The molecule has 30 heavy (non-hydrogen) atoms. The molecule has 0 radical (unpaired) electrons. The number of sulfonamides is 1. The first-order chi connectivity index (χ1) is 14.2. The molecule has 4 rings (SSSR count). The minimum atomic E-state index is -3.76. The SMILES string of the molecule is CC(C)c1ccc(NC(=O)CN2c3cccc4cccc(c34)S2(=O)=O)c(C(C)C)c1. The molecule has 0 spiro atoms. The lowest BCUT2D eigenvalue weighted by Crippen LogP contribution is -2.35. The van der Waals surface area contributed by atoms with E-state index in [0.29, 0.717) is 17.0 Å². The van der Waals surface area contributed by atoms with E-state index in [1.165, 1.54) is 9.87 Å². The zero-order valence-corrected chi connectivity index (χ0v) is 18.5. The molecule has 6 heteroatoms. The summed E-state index contributed by atoms with van der Waals surface area (Å²) >= 11 is 0. The fourth-order valence-electron chi connectivity index (χ4n) is 3.98. The molecule has 1 aliphatic heterocycles. The van der Waals surface area contributed by atoms with Crippen LogP contribution < -0.4 is 9.62 Å². The number of carbonyl (C=O) groups excluding carboxylic acids is 1. The minimum absolute atomic E-state index is 0.229. The number of amides is 1. The Balaban J connectivity index is 1.64. The second kappa shape index (κ2) is 7.43. The molecule has 5 nitrogen and oxygen atoms in total. The topological polar surface area (TPSA) is 66.5 Å². The van der Waals surface area contributed by atoms with Crippen molar-refractivity contribution < 1.29 is 13.2 Å². The van der Waals surface area contributed by atoms with Gasteiger partial charge in [-0.3, -0.25) is 9.10 Å². The van der Waals surface area contributed by atoms with Crippen LogP contribution in [0.15, 0.2) is 59.5 Å². The minimum Gasteiger partial charge on any atom is -0.324 e. The Hall–Kier alpha value is -2.86. The summed E-state index contributed by atoms with van der Waals surface area (Å²) in [5.74, 6) is 0.260. The molecule has 1 heterocycles. The highest BCUT2D eigenvalue weighted by molar-refractivity contribution is 7.93. The number of anilines is 2. The molecule has 0 saturated carbocycles. The van der Waals surface area contributed by atoms with Gasteiger partial charge in [-0.25, -0.2) is 8.42 Å². The molecule has 0 aliphatic carbocycles. The van der Waals surface area contributed by atoms with E-state index >= 15 is 0 Å². The largest absolute Gasteiger partial charge is 0.324 e. The second-order valence-electron chi connectivity index (χ2n) is 8.35. The molecule has 0 atom stereocenters. The number of hydrogen-bond acceptors (Lipinski definition) is 3. The van der Waals surface area contributed by atoms with Crippen molar-refractivity contribution in [1.82, 2.24) is 0 Å². The van der Waals surface area contributed by atoms with Crippen molar-refractivity contribution in [2.75, 3.05) is 16.2 Å². The van der Waals surface area contributed by atoms with Crippen molar-refractivity contribution in [2.45, 2.75) is 44.4 Å². The molecule has 0 aromatic heterocycles. The maximum absolute atomic E-state index is 13.1. The fourth-order valence-corrected chi connectivity index (χ4v) is 5.65. The van der Waals surface area contributed by atoms with Crippen molar-refractivity contribution in [1.29, 1.82) is 0 Å². The summed E-state index contributed by atoms with van der Waals surface area (Å²) in [5, 5.41) is 4.46. The van der Waals surface area contributed by atoms with E-state index in [4.69, 9.17) is 0 Å². The van der Waals surface area contributed by atoms with Crippen molar-refractivity contribution in [2.24, 2.45) is 0 Å². The van der Waals surface area contributed by atoms with Gasteiger partial charge in [-0.05, 0) is 46.5 Å². The number of nitrogens with one attached hydrogen (secondary N) is 1. The van der Waals surface area contributed by atoms with Gasteiger partial charge in [0.15, 0.2) is 0 Å². The van der Waals surface area contributed by atoms with Gasteiger partial charge in [-0.2, -0.15) is 0 Å². The summed E-state index contributed by atoms with van der Waals surface area (Å²) in [5.41, 5.74) is 3.54. The number of nitrogens with zero attached hydrogens (tertiary/aromatic N) is 1. The first-order valence-electron chi connectivity index (χ1n) is 10.2. The monoisotopic (exact) mass is 422 g/mol. The normalized spacial score (nSPS) is 14.7. The highest BCUT2D eigenvalue weighted by Crippen LogP contribution is 2.41. The van der Waals surface area contributed by atoms with Gasteiger partial charge in [0.1, 0.15) is 6.54 Å². The number of hydrogen-bond donors (Lipinski definition) is 1. The van der Waals surface area contributed by atoms with Crippen LogP contribution >= 0.6 is 0 Å². The second-order valence-corrected chi connectivity index (χ2v) is 10.2. The maximum Gasteiger partial charge on any atom is 0.265 e. The van der Waals surface area contributed by atoms with Crippen LogP contribution in [0.1, 0.15) is 50.7 Å². The summed E-state index contributed by atoms with van der Waals surface area (Å²) in [6, 6.07) is 16.7. The summed E-state index contributed by atoms with van der Waals surface area (Å²) in [7, 11) is -3.76. The summed E-state index contributed by atoms with van der Waals surface area (Å²) < 4.78 is 27.4. The molecule has 3 aromatic rings. The van der Waals surface area contributed by atoms with E-state index in [2.05, 4.69) is 39.1 Å². The predicted octanol–water partition coefficient (Wildman–Crippen LogP) is 5.23. The summed E-state index contributed by atoms with van der Waals surface area (Å²) in [6.45, 7) is 8.16. The fraction of sp³-hybridized carbons (Fsp3) is 0.292. The molecule has 0 fully saturated rings. The van der Waals surface area contributed by atoms with E-state index in [9.17, 15) is 13.2 Å². The zero-order chi connectivity index (χ0) is 21.6. The summed E-state index contributed by atoms with van der Waals surface area (Å²) in [6.07, 6.45) is 0. The molecule has 1 aliphatic rings. The first-order valence-corrected chi connectivity index (χ1v) is 11.6. The maximum atomic E-state index is 13.1. The average molecular weight is 423 g/mol. The lowest BCUT2D eigenvalue weighted by atomic mass is 9.94. The lowest BCUT2D eigenvalue weighted by molar-refractivity contribution is -0.114. The molecular weight excluding hydrogens is 396 g/mol. The molecule has 0 bridgehead atoms. The molecule has 156 valence electrons. The average Bonchev–Trinajstić information content (AvgIpc) is 2.91. The third kappa shape index (κ3) is 3.35. The van der Waals surface area contributed by atoms with Crippen LogP contribution in [0.25, 0.3) is 10.8 Å². The Bertz CT molecular complexity index is 1240. The Morgan fingerprint density at radius 3 is 2.33 bits per heavy atom. The van der Waals surface area contributed by atoms with Gasteiger partial charge in [0.2, 0.25) is 5.91 Å². The van der Waals surface area contributed by atoms with E-state index < -0.39 is 10.0 Å². The van der Waals surface area contributed by atoms with Gasteiger partial charge in [0.05, 0.1) is 10.6 Å². The van der Waals surface area contributed by atoms with Gasteiger partial charge in [0.25, 0.3) is 10.0 Å². The highest BCUT2D eigenvalue weighted by Gasteiger charge is 2.36. The van der Waals surface area contributed by atoms with Crippen molar-refractivity contribution in [3.8, 4) is 0 Å². The van der Waals surface area contributed by atoms with Crippen LogP contribution in [-0.2, 0) is 14.8 Å². The number of benzene rings is 3. The first kappa shape index (κ1) is 20.4. The van der Waals surface area contributed by atoms with Crippen LogP contribution in [0, 0.1) is 0 Å². The van der Waals surface area contributed by atoms with Crippen molar-refractivity contribution in [3.63, 3.8) is 0 Å². The van der Waals surface area contributed by atoms with Crippen LogP contribution in [0.4, 0.5) is 11.4 Å². The van der Waals surface area contributed by atoms with Crippen LogP contribution in [0.3, 0.4) is 0 Å². The molecule has 1 amide bonds. The Labute approximate surface area is 177 Å². The number of carbonyl (C=O) groups is 1. The van der Waals surface area contributed by atoms with Crippen LogP contribution in [0.2, 0.25) is 0 Å². The van der Waals surface area contributed by atoms with E-state index in [0.717, 1.165) is 16.6 Å². The van der Waals surface area contributed by atoms with E-state index in [1.54, 1.807) is 18.2 Å². The quantitative estimate of drug-likeness (QED) is 0.612. The van der Waals surface area contributed by atoms with Crippen molar-refractivity contribution >= 4 is 38.1 Å². The number of rotatable bonds is 5. The third-order valence-electron chi connectivity index (χ3n) is 5.61. The molecular formula is C24H26N2O3S. The third-order valence-corrected chi connectivity index (χ3v) is 7.41. The van der Waals surface area contributed by atoms with Gasteiger partial charge in [-0.1, -0.05) is 64.1 Å². The Morgan fingerprint density at radius 1 is 0.967 bits per heavy atom. The van der Waals surface area contributed by atoms with Gasteiger partial charge >= 0.3 is 0 Å². The van der Waals surface area contributed by atoms with Gasteiger partial charge < -0.3 is 5.32 Å². The Kier molecular flexibility index (Phi) is 5.06. The zero-order valence-electron chi connectivity index (χ0n) is 17.6. The molecule has 1 N–H and O–H groups in total. The Morgan fingerprint density at radius 2 is 1.67 bits per heavy atom. The highest BCUT2D eigenvalue weighted by atomic mass is 32.2. The standard InChI is InChI=1S/C24H26N2O3S/c1-15(2)18-11-12-20(19(13-18)16(3)4)25-23(27)14-26-21-9-5-7-17-8-6-10-22(24(17)21)30(26,28)29/h5-13,15-16H,14H2,1-4H3,(H,25,27). The smallest absolute Gasteiger partial charge is 0.265 e. The van der Waals surface area contributed by atoms with Crippen LogP contribution in [0.5, 0.6) is 0 Å². The summed E-state index contributed by atoms with van der Waals surface area (Å²) in [4.78, 5) is 13.2.